The van der Waals surface area contributed by atoms with Crippen molar-refractivity contribution >= 4 is 43.7 Å². The molecule has 162 valence electrons. The molecule has 0 aliphatic carbocycles. The third-order valence-corrected chi connectivity index (χ3v) is 5.39. The molecule has 0 aliphatic heterocycles. The highest BCUT2D eigenvalue weighted by Crippen LogP contribution is 2.30. The second-order valence-corrected chi connectivity index (χ2v) is 9.13. The molecule has 0 heterocycles. The van der Waals surface area contributed by atoms with Crippen molar-refractivity contribution in [3.8, 4) is 11.5 Å². The summed E-state index contributed by atoms with van der Waals surface area (Å²) in [5.41, 5.74) is 6.80. The van der Waals surface area contributed by atoms with Gasteiger partial charge in [-0.3, -0.25) is 20.4 Å². The number of amides is 2. The van der Waals surface area contributed by atoms with E-state index in [0.717, 1.165) is 20.1 Å². The molecule has 0 spiro atoms. The van der Waals surface area contributed by atoms with E-state index in [1.54, 1.807) is 0 Å². The normalized spacial score (nSPS) is 10.8. The van der Waals surface area contributed by atoms with Crippen LogP contribution in [0.15, 0.2) is 45.3 Å². The van der Waals surface area contributed by atoms with Gasteiger partial charge in [0.25, 0.3) is 11.8 Å². The molecule has 8 heteroatoms. The third-order valence-electron chi connectivity index (χ3n) is 4.28. The molecule has 0 aromatic heterocycles. The molecule has 0 saturated heterocycles. The second-order valence-electron chi connectivity index (χ2n) is 7.36. The van der Waals surface area contributed by atoms with Gasteiger partial charge in [0.05, 0.1) is 4.47 Å². The Kier molecular flexibility index (Phi) is 9.17. The zero-order valence-corrected chi connectivity index (χ0v) is 20.6. The van der Waals surface area contributed by atoms with Crippen LogP contribution in [-0.4, -0.2) is 25.0 Å². The standard InChI is InChI=1S/C22H26Br2N2O4/c1-13(2)15-5-7-20(18(24)9-15)30-12-22(28)26-25-21(27)11-29-19-8-6-16(23)10-17(19)14(3)4/h5-10,13-14H,11-12H2,1-4H3,(H,25,27)(H,26,28). The number of hydrogen-bond acceptors (Lipinski definition) is 4. The second kappa shape index (κ2) is 11.4. The summed E-state index contributed by atoms with van der Waals surface area (Å²) in [5, 5.41) is 0. The van der Waals surface area contributed by atoms with E-state index in [2.05, 4.69) is 56.6 Å². The van der Waals surface area contributed by atoms with Crippen molar-refractivity contribution < 1.29 is 19.1 Å². The summed E-state index contributed by atoms with van der Waals surface area (Å²) in [5.74, 6) is 0.878. The van der Waals surface area contributed by atoms with Gasteiger partial charge in [-0.25, -0.2) is 0 Å². The van der Waals surface area contributed by atoms with Gasteiger partial charge < -0.3 is 9.47 Å². The Bertz CT molecular complexity index is 901. The molecule has 0 aliphatic rings. The van der Waals surface area contributed by atoms with Crippen molar-refractivity contribution in [2.45, 2.75) is 39.5 Å². The van der Waals surface area contributed by atoms with E-state index in [-0.39, 0.29) is 19.1 Å². The average molecular weight is 542 g/mol. The van der Waals surface area contributed by atoms with Crippen LogP contribution in [0.3, 0.4) is 0 Å². The summed E-state index contributed by atoms with van der Waals surface area (Å²) in [6, 6.07) is 11.3. The topological polar surface area (TPSA) is 76.7 Å². The fourth-order valence-corrected chi connectivity index (χ4v) is 3.48. The van der Waals surface area contributed by atoms with Gasteiger partial charge in [0.1, 0.15) is 11.5 Å². The zero-order chi connectivity index (χ0) is 22.3. The molecule has 2 N–H and O–H groups in total. The van der Waals surface area contributed by atoms with Crippen LogP contribution in [0, 0.1) is 0 Å². The predicted molar refractivity (Wildman–Crippen MR) is 124 cm³/mol. The maximum Gasteiger partial charge on any atom is 0.276 e. The maximum absolute atomic E-state index is 12.0. The molecule has 30 heavy (non-hydrogen) atoms. The smallest absolute Gasteiger partial charge is 0.276 e. The van der Waals surface area contributed by atoms with E-state index in [4.69, 9.17) is 9.47 Å². The fourth-order valence-electron chi connectivity index (χ4n) is 2.59. The number of ether oxygens (including phenoxy) is 2. The predicted octanol–water partition coefficient (Wildman–Crippen LogP) is 5.06. The highest BCUT2D eigenvalue weighted by Gasteiger charge is 2.12. The molecule has 0 saturated carbocycles. The van der Waals surface area contributed by atoms with Crippen LogP contribution in [0.25, 0.3) is 0 Å². The molecule has 2 aromatic rings. The number of halogens is 2. The van der Waals surface area contributed by atoms with Gasteiger partial charge >= 0.3 is 0 Å². The fraction of sp³-hybridized carbons (Fsp3) is 0.364. The largest absolute Gasteiger partial charge is 0.483 e. The SMILES string of the molecule is CC(C)c1ccc(OCC(=O)NNC(=O)COc2ccc(Br)cc2C(C)C)c(Br)c1. The number of hydrazine groups is 1. The molecular formula is C22H26Br2N2O4. The van der Waals surface area contributed by atoms with Crippen molar-refractivity contribution in [2.24, 2.45) is 0 Å². The Hall–Kier alpha value is -2.06. The molecule has 0 fully saturated rings. The number of carbonyl (C=O) groups excluding carboxylic acids is 2. The molecular weight excluding hydrogens is 516 g/mol. The first-order valence-electron chi connectivity index (χ1n) is 9.59. The van der Waals surface area contributed by atoms with Crippen molar-refractivity contribution in [2.75, 3.05) is 13.2 Å². The van der Waals surface area contributed by atoms with Crippen molar-refractivity contribution in [1.29, 1.82) is 0 Å². The third kappa shape index (κ3) is 7.32. The van der Waals surface area contributed by atoms with Crippen molar-refractivity contribution in [3.63, 3.8) is 0 Å². The molecule has 0 unspecified atom stereocenters. The minimum absolute atomic E-state index is 0.218. The van der Waals surface area contributed by atoms with Crippen LogP contribution >= 0.6 is 31.9 Å². The molecule has 2 amide bonds. The molecule has 0 atom stereocenters. The van der Waals surface area contributed by atoms with Crippen LogP contribution in [0.4, 0.5) is 0 Å². The number of rotatable bonds is 8. The van der Waals surface area contributed by atoms with Crippen LogP contribution in [0.5, 0.6) is 11.5 Å². The lowest BCUT2D eigenvalue weighted by atomic mass is 10.0. The Morgan fingerprint density at radius 1 is 0.833 bits per heavy atom. The molecule has 0 bridgehead atoms. The summed E-state index contributed by atoms with van der Waals surface area (Å²) in [7, 11) is 0. The highest BCUT2D eigenvalue weighted by atomic mass is 79.9. The highest BCUT2D eigenvalue weighted by molar-refractivity contribution is 9.10. The Morgan fingerprint density at radius 3 is 1.93 bits per heavy atom. The lowest BCUT2D eigenvalue weighted by Gasteiger charge is -2.15. The molecule has 6 nitrogen and oxygen atoms in total. The van der Waals surface area contributed by atoms with E-state index in [9.17, 15) is 9.59 Å². The van der Waals surface area contributed by atoms with Gasteiger partial charge in [0, 0.05) is 4.47 Å². The van der Waals surface area contributed by atoms with Gasteiger partial charge in [0.2, 0.25) is 0 Å². The number of carbonyl (C=O) groups is 2. The van der Waals surface area contributed by atoms with E-state index in [1.807, 2.05) is 50.2 Å². The first-order chi connectivity index (χ1) is 14.2. The maximum atomic E-state index is 12.0. The van der Waals surface area contributed by atoms with Gasteiger partial charge in [-0.05, 0) is 69.2 Å². The molecule has 2 aromatic carbocycles. The lowest BCUT2D eigenvalue weighted by molar-refractivity contribution is -0.131. The van der Waals surface area contributed by atoms with E-state index in [0.29, 0.717) is 17.4 Å². The van der Waals surface area contributed by atoms with Gasteiger partial charge in [0.15, 0.2) is 13.2 Å². The minimum Gasteiger partial charge on any atom is -0.483 e. The zero-order valence-electron chi connectivity index (χ0n) is 17.4. The first-order valence-corrected chi connectivity index (χ1v) is 11.2. The lowest BCUT2D eigenvalue weighted by Crippen LogP contribution is -2.45. The monoisotopic (exact) mass is 540 g/mol. The summed E-state index contributed by atoms with van der Waals surface area (Å²) >= 11 is 6.88. The van der Waals surface area contributed by atoms with Gasteiger partial charge in [-0.2, -0.15) is 0 Å². The van der Waals surface area contributed by atoms with Crippen LogP contribution in [0.2, 0.25) is 0 Å². The Morgan fingerprint density at radius 2 is 1.40 bits per heavy atom. The first kappa shape index (κ1) is 24.2. The van der Waals surface area contributed by atoms with Crippen LogP contribution in [-0.2, 0) is 9.59 Å². The van der Waals surface area contributed by atoms with Crippen molar-refractivity contribution in [3.05, 3.63) is 56.5 Å². The average Bonchev–Trinajstić information content (AvgIpc) is 2.70. The molecule has 2 rings (SSSR count). The number of nitrogens with one attached hydrogen (secondary N) is 2. The summed E-state index contributed by atoms with van der Waals surface area (Å²) in [6.07, 6.45) is 0. The van der Waals surface area contributed by atoms with Gasteiger partial charge in [-0.15, -0.1) is 0 Å². The Labute approximate surface area is 193 Å². The number of benzene rings is 2. The van der Waals surface area contributed by atoms with E-state index in [1.165, 1.54) is 0 Å². The van der Waals surface area contributed by atoms with Crippen LogP contribution < -0.4 is 20.3 Å². The van der Waals surface area contributed by atoms with E-state index >= 15 is 0 Å². The quantitative estimate of drug-likeness (QED) is 0.458. The summed E-state index contributed by atoms with van der Waals surface area (Å²) in [6.45, 7) is 7.84. The minimum atomic E-state index is -0.477. The van der Waals surface area contributed by atoms with Gasteiger partial charge in [-0.1, -0.05) is 49.7 Å². The van der Waals surface area contributed by atoms with Crippen LogP contribution in [0.1, 0.15) is 50.7 Å². The molecule has 0 radical (unpaired) electrons. The number of hydrogen-bond donors (Lipinski definition) is 2. The Balaban J connectivity index is 1.78. The summed E-state index contributed by atoms with van der Waals surface area (Å²) < 4.78 is 12.8. The summed E-state index contributed by atoms with van der Waals surface area (Å²) in [4.78, 5) is 23.9. The van der Waals surface area contributed by atoms with E-state index < -0.39 is 11.8 Å². The van der Waals surface area contributed by atoms with Crippen molar-refractivity contribution in [1.82, 2.24) is 10.9 Å².